The van der Waals surface area contributed by atoms with Gasteiger partial charge in [-0.05, 0) is 23.1 Å². The number of nitrogens with one attached hydrogen (secondary N) is 3. The Kier molecular flexibility index (Phi) is 5.50. The molecule has 2 heterocycles. The van der Waals surface area contributed by atoms with Gasteiger partial charge in [-0.3, -0.25) is 0 Å². The first-order chi connectivity index (χ1) is 14.7. The van der Waals surface area contributed by atoms with Crippen molar-refractivity contribution in [3.63, 3.8) is 0 Å². The fraction of sp³-hybridized carbons (Fsp3) is 0.250. The number of amides is 1. The number of rotatable bonds is 5. The molecule has 2 aromatic heterocycles. The third kappa shape index (κ3) is 4.30. The van der Waals surface area contributed by atoms with Crippen LogP contribution in [0.4, 0.5) is 4.79 Å². The Morgan fingerprint density at radius 1 is 1.10 bits per heavy atom. The van der Waals surface area contributed by atoms with Gasteiger partial charge in [0, 0.05) is 39.8 Å². The third-order valence-corrected chi connectivity index (χ3v) is 5.75. The van der Waals surface area contributed by atoms with E-state index in [1.165, 1.54) is 0 Å². The van der Waals surface area contributed by atoms with Gasteiger partial charge in [-0.25, -0.2) is 9.78 Å². The van der Waals surface area contributed by atoms with Gasteiger partial charge in [0.15, 0.2) is 0 Å². The quantitative estimate of drug-likeness (QED) is 0.293. The maximum atomic E-state index is 11.8. The van der Waals surface area contributed by atoms with Crippen LogP contribution in [0.2, 0.25) is 5.02 Å². The zero-order valence-corrected chi connectivity index (χ0v) is 18.4. The van der Waals surface area contributed by atoms with Crippen molar-refractivity contribution in [3.05, 3.63) is 77.3 Å². The lowest BCUT2D eigenvalue weighted by Gasteiger charge is -2.36. The zero-order valence-electron chi connectivity index (χ0n) is 17.6. The highest BCUT2D eigenvalue weighted by Gasteiger charge is 2.38. The van der Waals surface area contributed by atoms with Gasteiger partial charge in [-0.1, -0.05) is 68.8 Å². The van der Waals surface area contributed by atoms with Crippen LogP contribution in [0.1, 0.15) is 44.1 Å². The van der Waals surface area contributed by atoms with Crippen molar-refractivity contribution in [2.75, 3.05) is 0 Å². The number of nitrogens with zero attached hydrogens (tertiary/aromatic N) is 1. The molecule has 0 unspecified atom stereocenters. The van der Waals surface area contributed by atoms with E-state index < -0.39 is 12.1 Å². The van der Waals surface area contributed by atoms with Gasteiger partial charge in [0.1, 0.15) is 5.82 Å². The highest BCUT2D eigenvalue weighted by atomic mass is 35.5. The molecule has 0 fully saturated rings. The van der Waals surface area contributed by atoms with E-state index in [4.69, 9.17) is 16.6 Å². The lowest BCUT2D eigenvalue weighted by Crippen LogP contribution is -2.37. The van der Waals surface area contributed by atoms with Crippen molar-refractivity contribution in [1.82, 2.24) is 20.3 Å². The van der Waals surface area contributed by atoms with Crippen molar-refractivity contribution in [2.45, 2.75) is 32.7 Å². The summed E-state index contributed by atoms with van der Waals surface area (Å²) in [5.41, 5.74) is 3.38. The first kappa shape index (κ1) is 21.0. The summed E-state index contributed by atoms with van der Waals surface area (Å²) in [6.45, 7) is 6.30. The lowest BCUT2D eigenvalue weighted by atomic mass is 9.72. The third-order valence-electron chi connectivity index (χ3n) is 5.52. The van der Waals surface area contributed by atoms with Gasteiger partial charge in [-0.15, -0.1) is 0 Å². The number of H-pyrrole nitrogens is 2. The molecule has 0 bridgehead atoms. The molecule has 160 valence electrons. The molecular weight excluding hydrogens is 412 g/mol. The van der Waals surface area contributed by atoms with Gasteiger partial charge < -0.3 is 20.4 Å². The fourth-order valence-corrected chi connectivity index (χ4v) is 4.39. The molecule has 4 aromatic rings. The molecule has 4 rings (SSSR count). The van der Waals surface area contributed by atoms with E-state index >= 15 is 0 Å². The average molecular weight is 437 g/mol. The number of hydrogen-bond donors (Lipinski definition) is 4. The summed E-state index contributed by atoms with van der Waals surface area (Å²) in [4.78, 5) is 23.0. The molecule has 0 aliphatic carbocycles. The van der Waals surface area contributed by atoms with Gasteiger partial charge in [-0.2, -0.15) is 0 Å². The summed E-state index contributed by atoms with van der Waals surface area (Å²) < 4.78 is 0. The molecule has 2 aromatic carbocycles. The molecular formula is C24H25ClN4O2. The summed E-state index contributed by atoms with van der Waals surface area (Å²) in [7, 11) is 0. The van der Waals surface area contributed by atoms with E-state index in [-0.39, 0.29) is 11.3 Å². The summed E-state index contributed by atoms with van der Waals surface area (Å²) in [5.74, 6) is 0.373. The second-order valence-corrected chi connectivity index (χ2v) is 9.18. The Morgan fingerprint density at radius 2 is 1.84 bits per heavy atom. The second kappa shape index (κ2) is 8.12. The molecule has 7 heteroatoms. The Hall–Kier alpha value is -3.25. The molecule has 0 saturated carbocycles. The zero-order chi connectivity index (χ0) is 22.2. The number of carbonyl (C=O) groups is 1. The van der Waals surface area contributed by atoms with Crippen molar-refractivity contribution < 1.29 is 9.90 Å². The van der Waals surface area contributed by atoms with Crippen LogP contribution in [0.25, 0.3) is 22.2 Å². The van der Waals surface area contributed by atoms with E-state index in [1.54, 1.807) is 0 Å². The van der Waals surface area contributed by atoms with Crippen LogP contribution in [0, 0.1) is 5.41 Å². The minimum atomic E-state index is -1.10. The number of imidazole rings is 1. The monoisotopic (exact) mass is 436 g/mol. The Balaban J connectivity index is 1.83. The van der Waals surface area contributed by atoms with Crippen molar-refractivity contribution >= 4 is 28.6 Å². The van der Waals surface area contributed by atoms with Crippen LogP contribution in [-0.4, -0.2) is 26.2 Å². The van der Waals surface area contributed by atoms with E-state index in [9.17, 15) is 9.90 Å². The summed E-state index contributed by atoms with van der Waals surface area (Å²) in [6, 6.07) is 14.9. The maximum Gasteiger partial charge on any atom is 0.405 e. The Bertz CT molecular complexity index is 1210. The molecule has 0 aliphatic heterocycles. The van der Waals surface area contributed by atoms with Crippen LogP contribution in [0.5, 0.6) is 0 Å². The molecule has 4 N–H and O–H groups in total. The van der Waals surface area contributed by atoms with Crippen LogP contribution >= 0.6 is 11.6 Å². The first-order valence-corrected chi connectivity index (χ1v) is 10.5. The highest BCUT2D eigenvalue weighted by Crippen LogP contribution is 2.46. The van der Waals surface area contributed by atoms with Crippen LogP contribution in [-0.2, 0) is 0 Å². The number of aromatic nitrogens is 3. The number of fused-ring (bicyclic) bond motifs is 1. The standard InChI is InChI=1S/C24H25ClN4O2/c1-24(2,3)20(17-12-26-18-11-15(25)9-10-16(17)18)21(29-23(30)31)22-27-13-19(28-22)14-7-5-4-6-8-14/h4-13,20-21,26,29H,1-3H3,(H,27,28)(H,30,31)/t20-,21-/m0/s1. The topological polar surface area (TPSA) is 93.8 Å². The SMILES string of the molecule is CC(C)(C)[C@@H](c1c[nH]c2cc(Cl)ccc12)[C@H](NC(=O)O)c1nc(-c2ccccc2)c[nH]1. The molecule has 1 amide bonds. The number of benzene rings is 2. The largest absolute Gasteiger partial charge is 0.465 e. The van der Waals surface area contributed by atoms with Crippen LogP contribution in [0.15, 0.2) is 60.9 Å². The van der Waals surface area contributed by atoms with Gasteiger partial charge in [0.05, 0.1) is 11.7 Å². The summed E-state index contributed by atoms with van der Waals surface area (Å²) >= 11 is 6.16. The normalized spacial score (nSPS) is 13.8. The molecule has 2 atom stereocenters. The average Bonchev–Trinajstić information content (AvgIpc) is 3.34. The molecule has 0 radical (unpaired) electrons. The van der Waals surface area contributed by atoms with Crippen LogP contribution < -0.4 is 5.32 Å². The van der Waals surface area contributed by atoms with Gasteiger partial charge in [0.2, 0.25) is 0 Å². The Labute approximate surface area is 185 Å². The Morgan fingerprint density at radius 3 is 2.52 bits per heavy atom. The van der Waals surface area contributed by atoms with Crippen molar-refractivity contribution in [2.24, 2.45) is 5.41 Å². The van der Waals surface area contributed by atoms with Gasteiger partial charge >= 0.3 is 6.09 Å². The number of halogens is 1. The summed E-state index contributed by atoms with van der Waals surface area (Å²) in [5, 5.41) is 14.0. The number of hydrogen-bond acceptors (Lipinski definition) is 2. The van der Waals surface area contributed by atoms with Gasteiger partial charge in [0.25, 0.3) is 0 Å². The first-order valence-electron chi connectivity index (χ1n) is 10.1. The molecule has 0 aliphatic rings. The minimum absolute atomic E-state index is 0.201. The number of aromatic amines is 2. The highest BCUT2D eigenvalue weighted by molar-refractivity contribution is 6.31. The predicted octanol–water partition coefficient (Wildman–Crippen LogP) is 6.35. The molecule has 0 saturated heterocycles. The van der Waals surface area contributed by atoms with Crippen molar-refractivity contribution in [3.8, 4) is 11.3 Å². The predicted molar refractivity (Wildman–Crippen MR) is 123 cm³/mol. The van der Waals surface area contributed by atoms with Crippen LogP contribution in [0.3, 0.4) is 0 Å². The van der Waals surface area contributed by atoms with E-state index in [0.29, 0.717) is 10.8 Å². The maximum absolute atomic E-state index is 11.8. The van der Waals surface area contributed by atoms with Crippen molar-refractivity contribution in [1.29, 1.82) is 0 Å². The van der Waals surface area contributed by atoms with E-state index in [0.717, 1.165) is 27.7 Å². The number of carboxylic acid groups (broad SMARTS) is 1. The minimum Gasteiger partial charge on any atom is -0.465 e. The molecule has 31 heavy (non-hydrogen) atoms. The van der Waals surface area contributed by atoms with E-state index in [2.05, 4.69) is 36.1 Å². The van der Waals surface area contributed by atoms with E-state index in [1.807, 2.05) is 60.9 Å². The molecule has 0 spiro atoms. The lowest BCUT2D eigenvalue weighted by molar-refractivity contribution is 0.177. The second-order valence-electron chi connectivity index (χ2n) is 8.74. The smallest absolute Gasteiger partial charge is 0.405 e. The fourth-order valence-electron chi connectivity index (χ4n) is 4.22. The summed E-state index contributed by atoms with van der Waals surface area (Å²) in [6.07, 6.45) is 2.66. The molecule has 6 nitrogen and oxygen atoms in total.